The van der Waals surface area contributed by atoms with Gasteiger partial charge in [0.05, 0.1) is 5.92 Å². The highest BCUT2D eigenvalue weighted by Crippen LogP contribution is 2.28. The average molecular weight is 446 g/mol. The molecule has 1 saturated heterocycles. The summed E-state index contributed by atoms with van der Waals surface area (Å²) in [6, 6.07) is 9.79. The second kappa shape index (κ2) is 7.82. The van der Waals surface area contributed by atoms with Crippen molar-refractivity contribution in [2.24, 2.45) is 5.92 Å². The van der Waals surface area contributed by atoms with Crippen LogP contribution in [0.5, 0.6) is 0 Å². The minimum Gasteiger partial charge on any atom is -0.346 e. The Labute approximate surface area is 170 Å². The monoisotopic (exact) mass is 445 g/mol. The van der Waals surface area contributed by atoms with Gasteiger partial charge < -0.3 is 10.2 Å². The lowest BCUT2D eigenvalue weighted by molar-refractivity contribution is -0.120. The molecule has 1 aliphatic rings. The van der Waals surface area contributed by atoms with E-state index in [4.69, 9.17) is 0 Å². The number of halogens is 1. The quantitative estimate of drug-likeness (QED) is 0.651. The van der Waals surface area contributed by atoms with Crippen molar-refractivity contribution >= 4 is 44.0 Å². The van der Waals surface area contributed by atoms with Gasteiger partial charge in [-0.2, -0.15) is 0 Å². The first-order valence-corrected chi connectivity index (χ1v) is 10.5. The summed E-state index contributed by atoms with van der Waals surface area (Å²) in [5.41, 5.74) is 1.94. The number of nitrogens with one attached hydrogen (secondary N) is 1. The maximum atomic E-state index is 12.7. The fraction of sp³-hybridized carbons (Fsp3) is 0.316. The van der Waals surface area contributed by atoms with Crippen LogP contribution in [-0.2, 0) is 4.79 Å². The Morgan fingerprint density at radius 3 is 2.81 bits per heavy atom. The molecule has 1 aliphatic heterocycles. The van der Waals surface area contributed by atoms with Crippen molar-refractivity contribution in [2.75, 3.05) is 23.3 Å². The van der Waals surface area contributed by atoms with Gasteiger partial charge in [-0.1, -0.05) is 27.3 Å². The van der Waals surface area contributed by atoms with Gasteiger partial charge in [0.15, 0.2) is 0 Å². The number of rotatable bonds is 4. The van der Waals surface area contributed by atoms with Crippen molar-refractivity contribution in [3.05, 3.63) is 52.8 Å². The van der Waals surface area contributed by atoms with Crippen molar-refractivity contribution in [2.45, 2.75) is 19.8 Å². The fourth-order valence-corrected chi connectivity index (χ4v) is 4.33. The second-order valence-corrected chi connectivity index (χ2v) is 8.48. The third kappa shape index (κ3) is 4.06. The van der Waals surface area contributed by atoms with E-state index in [9.17, 15) is 4.79 Å². The number of anilines is 2. The molecule has 0 unspecified atom stereocenters. The fourth-order valence-electron chi connectivity index (χ4n) is 3.23. The zero-order valence-corrected chi connectivity index (χ0v) is 17.3. The number of carbonyl (C=O) groups excluding carboxylic acids is 1. The summed E-state index contributed by atoms with van der Waals surface area (Å²) < 4.78 is 2.99. The number of amides is 1. The van der Waals surface area contributed by atoms with Gasteiger partial charge in [-0.3, -0.25) is 9.36 Å². The predicted octanol–water partition coefficient (Wildman–Crippen LogP) is 4.25. The van der Waals surface area contributed by atoms with Gasteiger partial charge >= 0.3 is 0 Å². The molecule has 0 bridgehead atoms. The number of nitrogens with zero attached hydrogens (tertiary/aromatic N) is 4. The van der Waals surface area contributed by atoms with Crippen LogP contribution in [0.2, 0.25) is 0 Å². The van der Waals surface area contributed by atoms with Crippen LogP contribution >= 0.6 is 27.3 Å². The van der Waals surface area contributed by atoms with Gasteiger partial charge in [-0.15, -0.1) is 10.2 Å². The van der Waals surface area contributed by atoms with E-state index in [1.807, 2.05) is 54.2 Å². The minimum atomic E-state index is -0.0540. The van der Waals surface area contributed by atoms with Gasteiger partial charge in [-0.05, 0) is 55.7 Å². The normalized spacial score (nSPS) is 17.1. The number of aryl methyl sites for hydroxylation is 1. The van der Waals surface area contributed by atoms with Crippen LogP contribution in [0.4, 0.5) is 10.8 Å². The van der Waals surface area contributed by atoms with Crippen LogP contribution in [0, 0.1) is 12.8 Å². The Morgan fingerprint density at radius 2 is 2.04 bits per heavy atom. The van der Waals surface area contributed by atoms with E-state index < -0.39 is 0 Å². The summed E-state index contributed by atoms with van der Waals surface area (Å²) in [6.45, 7) is 3.59. The molecule has 3 heterocycles. The lowest BCUT2D eigenvalue weighted by Crippen LogP contribution is -2.40. The summed E-state index contributed by atoms with van der Waals surface area (Å²) in [6.07, 6.45) is 5.77. The van der Waals surface area contributed by atoms with Gasteiger partial charge in [0.2, 0.25) is 16.2 Å². The van der Waals surface area contributed by atoms with Crippen LogP contribution in [-0.4, -0.2) is 33.8 Å². The highest BCUT2D eigenvalue weighted by Gasteiger charge is 2.28. The topological polar surface area (TPSA) is 63.1 Å². The standard InChI is InChI=1S/C19H20BrN5OS/c1-13-11-15(6-7-16(13)20)21-17(26)14-5-4-10-25(12-14)19-23-22-18(27-19)24-8-2-3-9-24/h2-3,6-9,11,14H,4-5,10,12H2,1H3,(H,21,26)/t14-/m0/s1. The van der Waals surface area contributed by atoms with Gasteiger partial charge in [0.25, 0.3) is 0 Å². The molecule has 1 atom stereocenters. The molecule has 0 aliphatic carbocycles. The van der Waals surface area contributed by atoms with Crippen LogP contribution < -0.4 is 10.2 Å². The van der Waals surface area contributed by atoms with Crippen LogP contribution in [0.3, 0.4) is 0 Å². The Bertz CT molecular complexity index is 939. The number of benzene rings is 1. The molecule has 0 spiro atoms. The first-order valence-electron chi connectivity index (χ1n) is 8.89. The predicted molar refractivity (Wildman–Crippen MR) is 112 cm³/mol. The van der Waals surface area contributed by atoms with Crippen molar-refractivity contribution < 1.29 is 4.79 Å². The highest BCUT2D eigenvalue weighted by atomic mass is 79.9. The number of hydrogen-bond acceptors (Lipinski definition) is 5. The molecular formula is C19H20BrN5OS. The Hall–Kier alpha value is -2.19. The zero-order valence-electron chi connectivity index (χ0n) is 14.9. The van der Waals surface area contributed by atoms with E-state index in [0.717, 1.165) is 45.4 Å². The number of carbonyl (C=O) groups is 1. The molecule has 2 aromatic heterocycles. The SMILES string of the molecule is Cc1cc(NC(=O)[C@H]2CCCN(c3nnc(-n4cccc4)s3)C2)ccc1Br. The largest absolute Gasteiger partial charge is 0.346 e. The van der Waals surface area contributed by atoms with E-state index in [-0.39, 0.29) is 11.8 Å². The molecule has 6 nitrogen and oxygen atoms in total. The summed E-state index contributed by atoms with van der Waals surface area (Å²) in [4.78, 5) is 14.9. The van der Waals surface area contributed by atoms with E-state index in [0.29, 0.717) is 6.54 Å². The molecule has 1 N–H and O–H groups in total. The highest BCUT2D eigenvalue weighted by molar-refractivity contribution is 9.10. The molecule has 140 valence electrons. The third-order valence-corrected chi connectivity index (χ3v) is 6.60. The lowest BCUT2D eigenvalue weighted by atomic mass is 9.97. The first-order chi connectivity index (χ1) is 13.1. The summed E-state index contributed by atoms with van der Waals surface area (Å²) in [5.74, 6) is 0.0122. The molecule has 8 heteroatoms. The van der Waals surface area contributed by atoms with E-state index in [1.54, 1.807) is 11.3 Å². The van der Waals surface area contributed by atoms with Crippen molar-refractivity contribution in [3.63, 3.8) is 0 Å². The molecule has 1 aromatic carbocycles. The number of hydrogen-bond donors (Lipinski definition) is 1. The molecule has 0 saturated carbocycles. The number of piperidine rings is 1. The molecule has 3 aromatic rings. The summed E-state index contributed by atoms with van der Waals surface area (Å²) in [5, 5.41) is 13.4. The van der Waals surface area contributed by atoms with Gasteiger partial charge in [-0.25, -0.2) is 0 Å². The van der Waals surface area contributed by atoms with E-state index >= 15 is 0 Å². The summed E-state index contributed by atoms with van der Waals surface area (Å²) in [7, 11) is 0. The lowest BCUT2D eigenvalue weighted by Gasteiger charge is -2.31. The smallest absolute Gasteiger partial charge is 0.229 e. The molecular weight excluding hydrogens is 426 g/mol. The van der Waals surface area contributed by atoms with Gasteiger partial charge in [0, 0.05) is 35.6 Å². The van der Waals surface area contributed by atoms with E-state index in [1.165, 1.54) is 0 Å². The minimum absolute atomic E-state index is 0.0540. The molecule has 27 heavy (non-hydrogen) atoms. The number of aromatic nitrogens is 3. The van der Waals surface area contributed by atoms with E-state index in [2.05, 4.69) is 36.3 Å². The first kappa shape index (κ1) is 18.2. The van der Waals surface area contributed by atoms with Crippen molar-refractivity contribution in [3.8, 4) is 5.13 Å². The Balaban J connectivity index is 1.43. The Kier molecular flexibility index (Phi) is 5.27. The van der Waals surface area contributed by atoms with Crippen LogP contribution in [0.1, 0.15) is 18.4 Å². The molecule has 0 radical (unpaired) electrons. The van der Waals surface area contributed by atoms with Crippen LogP contribution in [0.15, 0.2) is 47.2 Å². The molecule has 1 fully saturated rings. The second-order valence-electron chi connectivity index (χ2n) is 6.70. The third-order valence-electron chi connectivity index (χ3n) is 4.72. The zero-order chi connectivity index (χ0) is 18.8. The Morgan fingerprint density at radius 1 is 1.26 bits per heavy atom. The average Bonchev–Trinajstić information content (AvgIpc) is 3.36. The van der Waals surface area contributed by atoms with Crippen molar-refractivity contribution in [1.29, 1.82) is 0 Å². The van der Waals surface area contributed by atoms with Gasteiger partial charge in [0.1, 0.15) is 0 Å². The molecule has 1 amide bonds. The maximum Gasteiger partial charge on any atom is 0.229 e. The maximum absolute atomic E-state index is 12.7. The van der Waals surface area contributed by atoms with Crippen molar-refractivity contribution in [1.82, 2.24) is 14.8 Å². The molecule has 4 rings (SSSR count). The van der Waals surface area contributed by atoms with Crippen LogP contribution in [0.25, 0.3) is 5.13 Å². The summed E-state index contributed by atoms with van der Waals surface area (Å²) >= 11 is 5.04.